The minimum atomic E-state index is -0.00216. The van der Waals surface area contributed by atoms with Crippen LogP contribution >= 0.6 is 0 Å². The molecule has 13 heavy (non-hydrogen) atoms. The Kier molecular flexibility index (Phi) is 7.68. The van der Waals surface area contributed by atoms with Gasteiger partial charge in [-0.15, -0.1) is 0 Å². The quantitative estimate of drug-likeness (QED) is 0.404. The molecular weight excluding hydrogens is 168 g/mol. The van der Waals surface area contributed by atoms with Crippen molar-refractivity contribution in [1.29, 1.82) is 0 Å². The average Bonchev–Trinajstić information content (AvgIpc) is 2.12. The second kappa shape index (κ2) is 8.04. The van der Waals surface area contributed by atoms with E-state index in [0.29, 0.717) is 13.1 Å². The molecule has 0 aliphatic heterocycles. The minimum Gasteiger partial charge on any atom is -0.395 e. The molecule has 0 unspecified atom stereocenters. The van der Waals surface area contributed by atoms with Crippen LogP contribution in [0.3, 0.4) is 0 Å². The van der Waals surface area contributed by atoms with Gasteiger partial charge in [0.05, 0.1) is 6.61 Å². The van der Waals surface area contributed by atoms with Crippen LogP contribution in [0.5, 0.6) is 0 Å². The normalized spacial score (nSPS) is 12.2. The van der Waals surface area contributed by atoms with Crippen molar-refractivity contribution in [2.24, 2.45) is 0 Å². The molecule has 0 spiro atoms. The van der Waals surface area contributed by atoms with Crippen LogP contribution in [0.2, 0.25) is 0 Å². The fourth-order valence-electron chi connectivity index (χ4n) is 0.876. The molecule has 0 aromatic heterocycles. The summed E-state index contributed by atoms with van der Waals surface area (Å²) in [7, 11) is 0. The highest BCUT2D eigenvalue weighted by Gasteiger charge is 1.97. The maximum Gasteiger partial charge on any atom is 0.0581 e. The van der Waals surface area contributed by atoms with E-state index in [9.17, 15) is 0 Å². The van der Waals surface area contributed by atoms with Gasteiger partial charge in [0, 0.05) is 25.3 Å². The summed E-state index contributed by atoms with van der Waals surface area (Å²) < 4.78 is 0. The smallest absolute Gasteiger partial charge is 0.0581 e. The van der Waals surface area contributed by atoms with Gasteiger partial charge in [0.25, 0.3) is 0 Å². The van der Waals surface area contributed by atoms with Crippen molar-refractivity contribution >= 4 is 0 Å². The van der Waals surface area contributed by atoms with E-state index < -0.39 is 0 Å². The lowest BCUT2D eigenvalue weighted by molar-refractivity contribution is -0.0985. The molecule has 0 heterocycles. The van der Waals surface area contributed by atoms with Crippen LogP contribution in [0.1, 0.15) is 20.3 Å². The van der Waals surface area contributed by atoms with Gasteiger partial charge in [-0.1, -0.05) is 6.08 Å². The second-order valence-corrected chi connectivity index (χ2v) is 2.93. The summed E-state index contributed by atoms with van der Waals surface area (Å²) in [6.07, 6.45) is 2.87. The van der Waals surface area contributed by atoms with Crippen LogP contribution in [-0.4, -0.2) is 41.6 Å². The van der Waals surface area contributed by atoms with E-state index in [4.69, 9.17) is 10.3 Å². The first kappa shape index (κ1) is 12.4. The number of nitrogens with zero attached hydrogens (tertiary/aromatic N) is 1. The van der Waals surface area contributed by atoms with E-state index in [-0.39, 0.29) is 6.61 Å². The molecule has 78 valence electrons. The zero-order chi connectivity index (χ0) is 10.1. The van der Waals surface area contributed by atoms with E-state index in [1.54, 1.807) is 0 Å². The van der Waals surface area contributed by atoms with Crippen LogP contribution < -0.4 is 5.32 Å². The van der Waals surface area contributed by atoms with Crippen LogP contribution in [-0.2, 0) is 0 Å². The number of hydrogen-bond donors (Lipinski definition) is 3. The maximum atomic E-state index is 9.10. The summed E-state index contributed by atoms with van der Waals surface area (Å²) in [5.41, 5.74) is 1.15. The summed E-state index contributed by atoms with van der Waals surface area (Å²) in [4.78, 5) is 0. The van der Waals surface area contributed by atoms with Crippen molar-refractivity contribution in [2.75, 3.05) is 26.2 Å². The van der Waals surface area contributed by atoms with Gasteiger partial charge in [-0.05, 0) is 20.3 Å². The Bertz CT molecular complexity index is 149. The molecule has 3 N–H and O–H groups in total. The first-order valence-electron chi connectivity index (χ1n) is 4.62. The van der Waals surface area contributed by atoms with Gasteiger partial charge >= 0.3 is 0 Å². The van der Waals surface area contributed by atoms with E-state index in [2.05, 4.69) is 5.32 Å². The summed E-state index contributed by atoms with van der Waals surface area (Å²) in [5, 5.41) is 21.9. The molecule has 4 heteroatoms. The number of allylic oxidation sites excluding steroid dienone is 2. The Labute approximate surface area is 79.8 Å². The molecule has 0 bridgehead atoms. The summed E-state index contributed by atoms with van der Waals surface area (Å²) >= 11 is 0. The Morgan fingerprint density at radius 1 is 1.46 bits per heavy atom. The Morgan fingerprint density at radius 2 is 2.15 bits per heavy atom. The molecule has 0 amide bonds. The first-order valence-corrected chi connectivity index (χ1v) is 4.62. The molecule has 0 radical (unpaired) electrons. The summed E-state index contributed by atoms with van der Waals surface area (Å²) in [6.45, 7) is 5.74. The lowest BCUT2D eigenvalue weighted by Gasteiger charge is -2.13. The van der Waals surface area contributed by atoms with Crippen LogP contribution in [0.15, 0.2) is 11.8 Å². The third-order valence-electron chi connectivity index (χ3n) is 1.79. The number of aliphatic hydroxyl groups is 1. The predicted octanol–water partition coefficient (Wildman–Crippen LogP) is 0.573. The van der Waals surface area contributed by atoms with E-state index >= 15 is 0 Å². The number of nitrogens with one attached hydrogen (secondary N) is 1. The van der Waals surface area contributed by atoms with Gasteiger partial charge in [0.15, 0.2) is 0 Å². The topological polar surface area (TPSA) is 55.7 Å². The number of aliphatic hydroxyl groups excluding tert-OH is 1. The molecule has 0 saturated carbocycles. The third kappa shape index (κ3) is 7.77. The average molecular weight is 188 g/mol. The highest BCUT2D eigenvalue weighted by atomic mass is 16.5. The molecule has 0 aliphatic rings. The second-order valence-electron chi connectivity index (χ2n) is 2.93. The molecule has 0 saturated heterocycles. The van der Waals surface area contributed by atoms with Gasteiger partial charge in [-0.25, -0.2) is 0 Å². The van der Waals surface area contributed by atoms with Crippen molar-refractivity contribution in [3.8, 4) is 0 Å². The van der Waals surface area contributed by atoms with Crippen LogP contribution in [0, 0.1) is 0 Å². The zero-order valence-electron chi connectivity index (χ0n) is 8.45. The molecule has 4 nitrogen and oxygen atoms in total. The highest BCUT2D eigenvalue weighted by molar-refractivity contribution is 4.91. The van der Waals surface area contributed by atoms with Gasteiger partial charge in [0.1, 0.15) is 0 Å². The number of hydroxylamine groups is 2. The monoisotopic (exact) mass is 188 g/mol. The fraction of sp³-hybridized carbons (Fsp3) is 0.778. The Hall–Kier alpha value is -0.580. The largest absolute Gasteiger partial charge is 0.395 e. The van der Waals surface area contributed by atoms with Gasteiger partial charge in [-0.3, -0.25) is 0 Å². The molecular formula is C9H20N2O2. The summed E-state index contributed by atoms with van der Waals surface area (Å²) in [5.74, 6) is 0. The Balaban J connectivity index is 3.25. The van der Waals surface area contributed by atoms with Gasteiger partial charge in [-0.2, -0.15) is 5.06 Å². The predicted molar refractivity (Wildman–Crippen MR) is 52.5 cm³/mol. The molecule has 0 aromatic carbocycles. The molecule has 0 rings (SSSR count). The number of rotatable bonds is 7. The fourth-order valence-corrected chi connectivity index (χ4v) is 0.876. The first-order chi connectivity index (χ1) is 6.20. The maximum absolute atomic E-state index is 9.10. The molecule has 0 aliphatic carbocycles. The van der Waals surface area contributed by atoms with Crippen LogP contribution in [0.4, 0.5) is 0 Å². The van der Waals surface area contributed by atoms with Gasteiger partial charge < -0.3 is 15.6 Å². The summed E-state index contributed by atoms with van der Waals surface area (Å²) in [6, 6.07) is 0. The lowest BCUT2D eigenvalue weighted by Crippen LogP contribution is -2.26. The SMILES string of the molecule is C/C=C(\C)NCCCN(O)CCO. The van der Waals surface area contributed by atoms with Crippen molar-refractivity contribution < 1.29 is 10.3 Å². The van der Waals surface area contributed by atoms with E-state index in [1.807, 2.05) is 19.9 Å². The standard InChI is InChI=1S/C9H20N2O2/c1-3-9(2)10-5-4-6-11(13)7-8-12/h3,10,12-13H,4-8H2,1-2H3/b9-3+. The van der Waals surface area contributed by atoms with Crippen molar-refractivity contribution in [1.82, 2.24) is 10.4 Å². The van der Waals surface area contributed by atoms with E-state index in [1.165, 1.54) is 0 Å². The van der Waals surface area contributed by atoms with Gasteiger partial charge in [0.2, 0.25) is 0 Å². The zero-order valence-corrected chi connectivity index (χ0v) is 8.45. The Morgan fingerprint density at radius 3 is 2.69 bits per heavy atom. The molecule has 0 fully saturated rings. The highest BCUT2D eigenvalue weighted by Crippen LogP contribution is 1.88. The third-order valence-corrected chi connectivity index (χ3v) is 1.79. The number of hydrogen-bond acceptors (Lipinski definition) is 4. The van der Waals surface area contributed by atoms with Crippen molar-refractivity contribution in [2.45, 2.75) is 20.3 Å². The van der Waals surface area contributed by atoms with Crippen molar-refractivity contribution in [3.63, 3.8) is 0 Å². The molecule has 0 aromatic rings. The molecule has 0 atom stereocenters. The minimum absolute atomic E-state index is 0.00216. The van der Waals surface area contributed by atoms with Crippen molar-refractivity contribution in [3.05, 3.63) is 11.8 Å². The lowest BCUT2D eigenvalue weighted by atomic mass is 10.3. The van der Waals surface area contributed by atoms with E-state index in [0.717, 1.165) is 23.7 Å². The van der Waals surface area contributed by atoms with Crippen LogP contribution in [0.25, 0.3) is 0 Å².